The Labute approximate surface area is 189 Å². The standard InChI is InChI=1S/C26H32FN3O2/c1-3-25(31)30(22-7-5-4-6-8-22)26(19-32-2)12-15-29(16-13-26)14-11-20-18-28-24-10-9-21(27)17-23(20)24/h4-10,17-18,28H,3,11-16,19H2,1-2H3. The summed E-state index contributed by atoms with van der Waals surface area (Å²) in [6.45, 7) is 5.11. The molecule has 1 N–H and O–H groups in total. The fourth-order valence-electron chi connectivity index (χ4n) is 4.95. The van der Waals surface area contributed by atoms with E-state index in [0.29, 0.717) is 13.0 Å². The van der Waals surface area contributed by atoms with E-state index < -0.39 is 0 Å². The number of hydrogen-bond donors (Lipinski definition) is 1. The van der Waals surface area contributed by atoms with E-state index in [1.165, 1.54) is 6.07 Å². The zero-order valence-electron chi connectivity index (χ0n) is 18.9. The van der Waals surface area contributed by atoms with Gasteiger partial charge in [0.2, 0.25) is 5.91 Å². The summed E-state index contributed by atoms with van der Waals surface area (Å²) >= 11 is 0. The average molecular weight is 438 g/mol. The molecule has 2 aromatic carbocycles. The van der Waals surface area contributed by atoms with Crippen molar-refractivity contribution in [2.75, 3.05) is 38.3 Å². The molecule has 3 aromatic rings. The number of rotatable bonds is 8. The minimum Gasteiger partial charge on any atom is -0.382 e. The topological polar surface area (TPSA) is 48.6 Å². The molecule has 0 bridgehead atoms. The van der Waals surface area contributed by atoms with Gasteiger partial charge in [-0.05, 0) is 55.2 Å². The number of carbonyl (C=O) groups excluding carboxylic acids is 1. The van der Waals surface area contributed by atoms with E-state index in [1.807, 2.05) is 48.4 Å². The summed E-state index contributed by atoms with van der Waals surface area (Å²) in [5.74, 6) is -0.0789. The highest BCUT2D eigenvalue weighted by Crippen LogP contribution is 2.34. The van der Waals surface area contributed by atoms with Gasteiger partial charge >= 0.3 is 0 Å². The molecule has 1 aliphatic rings. The van der Waals surface area contributed by atoms with E-state index in [-0.39, 0.29) is 17.3 Å². The highest BCUT2D eigenvalue weighted by atomic mass is 19.1. The average Bonchev–Trinajstić information content (AvgIpc) is 3.21. The van der Waals surface area contributed by atoms with Crippen LogP contribution in [-0.2, 0) is 16.0 Å². The molecule has 1 amide bonds. The normalized spacial score (nSPS) is 16.3. The number of nitrogens with zero attached hydrogens (tertiary/aromatic N) is 2. The number of hydrogen-bond acceptors (Lipinski definition) is 3. The Hall–Kier alpha value is -2.70. The van der Waals surface area contributed by atoms with Crippen LogP contribution >= 0.6 is 0 Å². The Bertz CT molecular complexity index is 1040. The first-order valence-electron chi connectivity index (χ1n) is 11.4. The van der Waals surface area contributed by atoms with Crippen LogP contribution in [0.1, 0.15) is 31.7 Å². The number of ether oxygens (including phenoxy) is 1. The number of benzene rings is 2. The van der Waals surface area contributed by atoms with E-state index >= 15 is 0 Å². The summed E-state index contributed by atoms with van der Waals surface area (Å²) in [7, 11) is 1.71. The van der Waals surface area contributed by atoms with Gasteiger partial charge in [0.25, 0.3) is 0 Å². The fraction of sp³-hybridized carbons (Fsp3) is 0.423. The summed E-state index contributed by atoms with van der Waals surface area (Å²) in [5, 5.41) is 0.958. The van der Waals surface area contributed by atoms with Gasteiger partial charge in [0, 0.05) is 56.0 Å². The second kappa shape index (κ2) is 9.84. The first-order chi connectivity index (χ1) is 15.6. The molecule has 32 heavy (non-hydrogen) atoms. The molecule has 0 saturated carbocycles. The molecule has 170 valence electrons. The number of amides is 1. The number of nitrogens with one attached hydrogen (secondary N) is 1. The zero-order valence-corrected chi connectivity index (χ0v) is 18.9. The molecule has 5 nitrogen and oxygen atoms in total. The van der Waals surface area contributed by atoms with Crippen LogP contribution in [0, 0.1) is 5.82 Å². The Morgan fingerprint density at radius 3 is 2.62 bits per heavy atom. The predicted molar refractivity (Wildman–Crippen MR) is 126 cm³/mol. The number of aromatic nitrogens is 1. The van der Waals surface area contributed by atoms with Crippen molar-refractivity contribution in [1.82, 2.24) is 9.88 Å². The molecule has 1 saturated heterocycles. The van der Waals surface area contributed by atoms with E-state index in [2.05, 4.69) is 9.88 Å². The zero-order chi connectivity index (χ0) is 22.6. The van der Waals surface area contributed by atoms with Crippen molar-refractivity contribution in [2.45, 2.75) is 38.1 Å². The highest BCUT2D eigenvalue weighted by molar-refractivity contribution is 5.94. The number of methoxy groups -OCH3 is 1. The second-order valence-electron chi connectivity index (χ2n) is 8.67. The van der Waals surface area contributed by atoms with Crippen LogP contribution in [0.25, 0.3) is 10.9 Å². The van der Waals surface area contributed by atoms with E-state index in [9.17, 15) is 9.18 Å². The quantitative estimate of drug-likeness (QED) is 0.552. The Kier molecular flexibility index (Phi) is 6.92. The summed E-state index contributed by atoms with van der Waals surface area (Å²) in [6, 6.07) is 14.8. The first kappa shape index (κ1) is 22.5. The van der Waals surface area contributed by atoms with Crippen LogP contribution in [-0.4, -0.2) is 54.7 Å². The summed E-state index contributed by atoms with van der Waals surface area (Å²) in [6.07, 6.45) is 5.01. The third-order valence-electron chi connectivity index (χ3n) is 6.67. The van der Waals surface area contributed by atoms with Crippen LogP contribution in [0.5, 0.6) is 0 Å². The van der Waals surface area contributed by atoms with Gasteiger partial charge in [-0.2, -0.15) is 0 Å². The van der Waals surface area contributed by atoms with Crippen molar-refractivity contribution >= 4 is 22.5 Å². The van der Waals surface area contributed by atoms with Crippen molar-refractivity contribution < 1.29 is 13.9 Å². The maximum atomic E-state index is 13.7. The van der Waals surface area contributed by atoms with Crippen LogP contribution in [0.2, 0.25) is 0 Å². The molecule has 0 aliphatic carbocycles. The highest BCUT2D eigenvalue weighted by Gasteiger charge is 2.42. The maximum absolute atomic E-state index is 13.7. The summed E-state index contributed by atoms with van der Waals surface area (Å²) in [4.78, 5) is 20.7. The fourth-order valence-corrected chi connectivity index (χ4v) is 4.95. The smallest absolute Gasteiger partial charge is 0.227 e. The van der Waals surface area contributed by atoms with Gasteiger partial charge in [-0.3, -0.25) is 4.79 Å². The van der Waals surface area contributed by atoms with E-state index in [1.54, 1.807) is 19.2 Å². The third kappa shape index (κ3) is 4.57. The lowest BCUT2D eigenvalue weighted by Crippen LogP contribution is -2.60. The summed E-state index contributed by atoms with van der Waals surface area (Å²) < 4.78 is 19.3. The SMILES string of the molecule is CCC(=O)N(c1ccccc1)C1(COC)CCN(CCc2c[nH]c3ccc(F)cc23)CC1. The minimum atomic E-state index is -0.344. The van der Waals surface area contributed by atoms with Crippen molar-refractivity contribution in [3.63, 3.8) is 0 Å². The van der Waals surface area contributed by atoms with Crippen molar-refractivity contribution in [3.05, 3.63) is 66.1 Å². The molecule has 6 heteroatoms. The van der Waals surface area contributed by atoms with E-state index in [0.717, 1.165) is 61.1 Å². The number of H-pyrrole nitrogens is 1. The number of aromatic amines is 1. The molecule has 0 radical (unpaired) electrons. The molecule has 0 atom stereocenters. The van der Waals surface area contributed by atoms with Crippen LogP contribution in [0.15, 0.2) is 54.7 Å². The van der Waals surface area contributed by atoms with Crippen LogP contribution in [0.4, 0.5) is 10.1 Å². The minimum absolute atomic E-state index is 0.127. The number of para-hydroxylation sites is 1. The predicted octanol–water partition coefficient (Wildman–Crippen LogP) is 4.77. The van der Waals surface area contributed by atoms with Gasteiger partial charge in [0.15, 0.2) is 0 Å². The lowest BCUT2D eigenvalue weighted by Gasteiger charge is -2.48. The number of carbonyl (C=O) groups is 1. The lowest BCUT2D eigenvalue weighted by atomic mass is 9.85. The maximum Gasteiger partial charge on any atom is 0.227 e. The Morgan fingerprint density at radius 1 is 1.19 bits per heavy atom. The monoisotopic (exact) mass is 437 g/mol. The molecule has 0 unspecified atom stereocenters. The molecule has 4 rings (SSSR count). The first-order valence-corrected chi connectivity index (χ1v) is 11.4. The lowest BCUT2D eigenvalue weighted by molar-refractivity contribution is -0.120. The molecule has 1 fully saturated rings. The van der Waals surface area contributed by atoms with Gasteiger partial charge in [-0.15, -0.1) is 0 Å². The molecular weight excluding hydrogens is 405 g/mol. The van der Waals surface area contributed by atoms with Crippen molar-refractivity contribution in [1.29, 1.82) is 0 Å². The number of fused-ring (bicyclic) bond motifs is 1. The van der Waals surface area contributed by atoms with Gasteiger partial charge < -0.3 is 19.5 Å². The number of likely N-dealkylation sites (tertiary alicyclic amines) is 1. The molecule has 1 aromatic heterocycles. The van der Waals surface area contributed by atoms with Gasteiger partial charge in [-0.25, -0.2) is 4.39 Å². The molecular formula is C26H32FN3O2. The molecule has 2 heterocycles. The molecule has 1 aliphatic heterocycles. The number of anilines is 1. The van der Waals surface area contributed by atoms with Crippen molar-refractivity contribution in [3.8, 4) is 0 Å². The van der Waals surface area contributed by atoms with Gasteiger partial charge in [-0.1, -0.05) is 25.1 Å². The Morgan fingerprint density at radius 2 is 1.94 bits per heavy atom. The van der Waals surface area contributed by atoms with Crippen molar-refractivity contribution in [2.24, 2.45) is 0 Å². The number of piperidine rings is 1. The summed E-state index contributed by atoms with van der Waals surface area (Å²) in [5.41, 5.74) is 2.70. The second-order valence-corrected chi connectivity index (χ2v) is 8.67. The van der Waals surface area contributed by atoms with E-state index in [4.69, 9.17) is 4.74 Å². The largest absolute Gasteiger partial charge is 0.382 e. The van der Waals surface area contributed by atoms with Gasteiger partial charge in [0.05, 0.1) is 12.1 Å². The molecule has 0 spiro atoms. The Balaban J connectivity index is 1.47. The number of halogens is 1. The third-order valence-corrected chi connectivity index (χ3v) is 6.67. The van der Waals surface area contributed by atoms with Crippen LogP contribution in [0.3, 0.4) is 0 Å². The van der Waals surface area contributed by atoms with Gasteiger partial charge in [0.1, 0.15) is 5.82 Å². The van der Waals surface area contributed by atoms with Crippen LogP contribution < -0.4 is 4.90 Å².